The summed E-state index contributed by atoms with van der Waals surface area (Å²) in [6.45, 7) is 4.98. The molecular weight excluding hydrogens is 336 g/mol. The second kappa shape index (κ2) is 10.8. The summed E-state index contributed by atoms with van der Waals surface area (Å²) < 4.78 is 5.70. The van der Waals surface area contributed by atoms with Crippen molar-refractivity contribution in [3.8, 4) is 5.75 Å². The Balaban J connectivity index is 1.60. The van der Waals surface area contributed by atoms with Crippen LogP contribution in [0.2, 0.25) is 0 Å². The SMILES string of the molecule is CC(C)Oc1cccc(NC(=S)NCCCSC2CCCCC2)c1. The summed E-state index contributed by atoms with van der Waals surface area (Å²) in [5.74, 6) is 2.08. The van der Waals surface area contributed by atoms with Gasteiger partial charge < -0.3 is 15.4 Å². The highest BCUT2D eigenvalue weighted by Crippen LogP contribution is 2.28. The lowest BCUT2D eigenvalue weighted by Crippen LogP contribution is -2.29. The van der Waals surface area contributed by atoms with E-state index in [0.717, 1.165) is 29.7 Å². The van der Waals surface area contributed by atoms with Crippen molar-refractivity contribution in [2.45, 2.75) is 63.7 Å². The maximum Gasteiger partial charge on any atom is 0.170 e. The highest BCUT2D eigenvalue weighted by Gasteiger charge is 2.12. The van der Waals surface area contributed by atoms with Crippen LogP contribution in [0.3, 0.4) is 0 Å². The van der Waals surface area contributed by atoms with Crippen LogP contribution in [0, 0.1) is 0 Å². The highest BCUT2D eigenvalue weighted by molar-refractivity contribution is 7.99. The van der Waals surface area contributed by atoms with Crippen LogP contribution >= 0.6 is 24.0 Å². The summed E-state index contributed by atoms with van der Waals surface area (Å²) in [6, 6.07) is 7.92. The minimum atomic E-state index is 0.173. The molecule has 0 radical (unpaired) electrons. The Morgan fingerprint density at radius 2 is 2.08 bits per heavy atom. The van der Waals surface area contributed by atoms with Gasteiger partial charge in [0.05, 0.1) is 6.10 Å². The van der Waals surface area contributed by atoms with Gasteiger partial charge >= 0.3 is 0 Å². The van der Waals surface area contributed by atoms with Crippen LogP contribution in [-0.4, -0.2) is 28.8 Å². The van der Waals surface area contributed by atoms with Gasteiger partial charge in [0, 0.05) is 23.5 Å². The van der Waals surface area contributed by atoms with Gasteiger partial charge in [0.15, 0.2) is 5.11 Å². The van der Waals surface area contributed by atoms with Gasteiger partial charge in [0.1, 0.15) is 5.75 Å². The van der Waals surface area contributed by atoms with Gasteiger partial charge in [-0.05, 0) is 63.2 Å². The van der Waals surface area contributed by atoms with E-state index in [2.05, 4.69) is 22.4 Å². The van der Waals surface area contributed by atoms with Gasteiger partial charge in [-0.3, -0.25) is 0 Å². The van der Waals surface area contributed by atoms with Crippen molar-refractivity contribution in [2.24, 2.45) is 0 Å². The van der Waals surface area contributed by atoms with Crippen LogP contribution in [0.4, 0.5) is 5.69 Å². The molecule has 0 unspecified atom stereocenters. The van der Waals surface area contributed by atoms with Crippen LogP contribution in [0.1, 0.15) is 52.4 Å². The molecule has 0 amide bonds. The predicted octanol–water partition coefficient (Wildman–Crippen LogP) is 5.22. The first-order valence-electron chi connectivity index (χ1n) is 9.06. The molecule has 0 atom stereocenters. The third-order valence-corrected chi connectivity index (χ3v) is 5.69. The van der Waals surface area contributed by atoms with Crippen LogP contribution < -0.4 is 15.4 Å². The second-order valence-corrected chi connectivity index (χ2v) is 8.38. The Labute approximate surface area is 156 Å². The Morgan fingerprint density at radius 1 is 1.29 bits per heavy atom. The Kier molecular flexibility index (Phi) is 8.75. The van der Waals surface area contributed by atoms with Crippen molar-refractivity contribution < 1.29 is 4.74 Å². The molecule has 5 heteroatoms. The molecule has 1 aromatic carbocycles. The minimum Gasteiger partial charge on any atom is -0.491 e. The van der Waals surface area contributed by atoms with E-state index in [1.165, 1.54) is 37.9 Å². The Hall–Kier alpha value is -0.940. The number of ether oxygens (including phenoxy) is 1. The number of thiocarbonyl (C=S) groups is 1. The van der Waals surface area contributed by atoms with Crippen LogP contribution in [-0.2, 0) is 0 Å². The molecule has 24 heavy (non-hydrogen) atoms. The fourth-order valence-corrected chi connectivity index (χ4v) is 4.38. The predicted molar refractivity (Wildman–Crippen MR) is 110 cm³/mol. The number of hydrogen-bond acceptors (Lipinski definition) is 3. The van der Waals surface area contributed by atoms with Gasteiger partial charge in [-0.2, -0.15) is 11.8 Å². The van der Waals surface area contributed by atoms with E-state index in [4.69, 9.17) is 17.0 Å². The summed E-state index contributed by atoms with van der Waals surface area (Å²) in [7, 11) is 0. The van der Waals surface area contributed by atoms with Gasteiger partial charge in [-0.1, -0.05) is 25.3 Å². The molecule has 1 fully saturated rings. The first kappa shape index (κ1) is 19.4. The standard InChI is InChI=1S/C19H30N2OS2/c1-15(2)22-17-9-6-8-16(14-17)21-19(23)20-12-7-13-24-18-10-4-3-5-11-18/h6,8-9,14-15,18H,3-5,7,10-13H2,1-2H3,(H2,20,21,23). The largest absolute Gasteiger partial charge is 0.491 e. The van der Waals surface area contributed by atoms with Crippen LogP contribution in [0.25, 0.3) is 0 Å². The molecule has 0 heterocycles. The van der Waals surface area contributed by atoms with Crippen LogP contribution in [0.5, 0.6) is 5.75 Å². The van der Waals surface area contributed by atoms with Crippen molar-refractivity contribution >= 4 is 34.8 Å². The zero-order valence-corrected chi connectivity index (χ0v) is 16.5. The lowest BCUT2D eigenvalue weighted by Gasteiger charge is -2.20. The Morgan fingerprint density at radius 3 is 2.83 bits per heavy atom. The molecule has 0 saturated heterocycles. The first-order valence-corrected chi connectivity index (χ1v) is 10.5. The molecule has 2 rings (SSSR count). The van der Waals surface area contributed by atoms with E-state index < -0.39 is 0 Å². The average Bonchev–Trinajstić information content (AvgIpc) is 2.55. The van der Waals surface area contributed by atoms with E-state index in [1.807, 2.05) is 38.1 Å². The zero-order valence-electron chi connectivity index (χ0n) is 14.8. The maximum absolute atomic E-state index is 5.70. The highest BCUT2D eigenvalue weighted by atomic mass is 32.2. The molecule has 3 nitrogen and oxygen atoms in total. The van der Waals surface area contributed by atoms with Gasteiger partial charge in [0.25, 0.3) is 0 Å². The maximum atomic E-state index is 5.70. The third kappa shape index (κ3) is 7.75. The monoisotopic (exact) mass is 366 g/mol. The number of rotatable bonds is 8. The van der Waals surface area contributed by atoms with Crippen molar-refractivity contribution in [2.75, 3.05) is 17.6 Å². The second-order valence-electron chi connectivity index (χ2n) is 6.56. The van der Waals surface area contributed by atoms with Crippen molar-refractivity contribution in [3.63, 3.8) is 0 Å². The van der Waals surface area contributed by atoms with Crippen molar-refractivity contribution in [3.05, 3.63) is 24.3 Å². The molecular formula is C19H30N2OS2. The number of benzene rings is 1. The molecule has 0 spiro atoms. The molecule has 1 aliphatic carbocycles. The van der Waals surface area contributed by atoms with Gasteiger partial charge in [0.2, 0.25) is 0 Å². The molecule has 0 aromatic heterocycles. The summed E-state index contributed by atoms with van der Waals surface area (Å²) in [6.07, 6.45) is 8.42. The third-order valence-electron chi connectivity index (χ3n) is 3.98. The van der Waals surface area contributed by atoms with E-state index in [1.54, 1.807) is 0 Å². The van der Waals surface area contributed by atoms with Crippen molar-refractivity contribution in [1.82, 2.24) is 5.32 Å². The fourth-order valence-electron chi connectivity index (χ4n) is 2.85. The van der Waals surface area contributed by atoms with E-state index in [-0.39, 0.29) is 6.10 Å². The normalized spacial score (nSPS) is 15.3. The molecule has 0 aliphatic heterocycles. The van der Waals surface area contributed by atoms with Gasteiger partial charge in [-0.15, -0.1) is 0 Å². The van der Waals surface area contributed by atoms with Gasteiger partial charge in [-0.25, -0.2) is 0 Å². The number of nitrogens with one attached hydrogen (secondary N) is 2. The topological polar surface area (TPSA) is 33.3 Å². The molecule has 1 aliphatic rings. The molecule has 1 aromatic rings. The average molecular weight is 367 g/mol. The number of anilines is 1. The molecule has 2 N–H and O–H groups in total. The molecule has 134 valence electrons. The quantitative estimate of drug-likeness (QED) is 0.487. The first-order chi connectivity index (χ1) is 11.6. The molecule has 0 bridgehead atoms. The Bertz CT molecular complexity index is 502. The number of thioether (sulfide) groups is 1. The lowest BCUT2D eigenvalue weighted by atomic mass is 10.0. The lowest BCUT2D eigenvalue weighted by molar-refractivity contribution is 0.242. The smallest absolute Gasteiger partial charge is 0.170 e. The van der Waals surface area contributed by atoms with Crippen molar-refractivity contribution in [1.29, 1.82) is 0 Å². The summed E-state index contributed by atoms with van der Waals surface area (Å²) in [5, 5.41) is 8.10. The summed E-state index contributed by atoms with van der Waals surface area (Å²) in [4.78, 5) is 0. The van der Waals surface area contributed by atoms with Crippen LogP contribution in [0.15, 0.2) is 24.3 Å². The van der Waals surface area contributed by atoms with E-state index in [0.29, 0.717) is 5.11 Å². The van der Waals surface area contributed by atoms with E-state index in [9.17, 15) is 0 Å². The number of hydrogen-bond donors (Lipinski definition) is 2. The minimum absolute atomic E-state index is 0.173. The molecule has 1 saturated carbocycles. The zero-order chi connectivity index (χ0) is 17.2. The summed E-state index contributed by atoms with van der Waals surface area (Å²) >= 11 is 7.51. The fraction of sp³-hybridized carbons (Fsp3) is 0.632. The summed E-state index contributed by atoms with van der Waals surface area (Å²) in [5.41, 5.74) is 0.960. The van der Waals surface area contributed by atoms with E-state index >= 15 is 0 Å².